The highest BCUT2D eigenvalue weighted by molar-refractivity contribution is 7.17. The number of nitrogens with zero attached hydrogens (tertiary/aromatic N) is 3. The van der Waals surface area contributed by atoms with E-state index in [1.54, 1.807) is 24.4 Å². The normalized spacial score (nSPS) is 12.0. The lowest BCUT2D eigenvalue weighted by Gasteiger charge is -2.16. The number of rotatable bonds is 5. The zero-order chi connectivity index (χ0) is 23.0. The zero-order valence-corrected chi connectivity index (χ0v) is 18.5. The highest BCUT2D eigenvalue weighted by Crippen LogP contribution is 2.32. The number of benzene rings is 2. The third-order valence-electron chi connectivity index (χ3n) is 5.33. The first-order chi connectivity index (χ1) is 15.3. The van der Waals surface area contributed by atoms with Crippen molar-refractivity contribution in [2.45, 2.75) is 26.8 Å². The first-order valence-electron chi connectivity index (χ1n) is 9.87. The van der Waals surface area contributed by atoms with Gasteiger partial charge in [-0.2, -0.15) is 0 Å². The summed E-state index contributed by atoms with van der Waals surface area (Å²) >= 11 is 1.28. The molecule has 4 aromatic rings. The second-order valence-corrected chi connectivity index (χ2v) is 8.44. The summed E-state index contributed by atoms with van der Waals surface area (Å²) in [4.78, 5) is 41.8. The lowest BCUT2D eigenvalue weighted by Crippen LogP contribution is -2.31. The van der Waals surface area contributed by atoms with Gasteiger partial charge in [0.05, 0.1) is 16.6 Å². The summed E-state index contributed by atoms with van der Waals surface area (Å²) < 4.78 is 1.29. The molecule has 0 aliphatic heterocycles. The number of nitro benzene ring substituents is 1. The van der Waals surface area contributed by atoms with Gasteiger partial charge in [0.2, 0.25) is 5.91 Å². The number of non-ortho nitro benzene ring substituents is 1. The topological polar surface area (TPSA) is 107 Å². The number of amides is 1. The molecule has 32 heavy (non-hydrogen) atoms. The second-order valence-electron chi connectivity index (χ2n) is 7.58. The fourth-order valence-electron chi connectivity index (χ4n) is 3.45. The molecule has 0 aliphatic carbocycles. The van der Waals surface area contributed by atoms with Gasteiger partial charge in [0.1, 0.15) is 10.9 Å². The van der Waals surface area contributed by atoms with E-state index in [4.69, 9.17) is 0 Å². The highest BCUT2D eigenvalue weighted by atomic mass is 32.1. The summed E-state index contributed by atoms with van der Waals surface area (Å²) in [5, 5.41) is 16.1. The Bertz CT molecular complexity index is 1420. The smallest absolute Gasteiger partial charge is 0.270 e. The second kappa shape index (κ2) is 8.35. The molecule has 1 unspecified atom stereocenters. The van der Waals surface area contributed by atoms with Crippen molar-refractivity contribution in [1.82, 2.24) is 9.55 Å². The summed E-state index contributed by atoms with van der Waals surface area (Å²) in [5.74, 6) is -0.339. The number of fused-ring (bicyclic) bond motifs is 1. The number of aryl methyl sites for hydroxylation is 2. The van der Waals surface area contributed by atoms with Crippen LogP contribution in [-0.4, -0.2) is 20.4 Å². The van der Waals surface area contributed by atoms with Crippen LogP contribution in [0.4, 0.5) is 11.4 Å². The van der Waals surface area contributed by atoms with Crippen molar-refractivity contribution in [3.63, 3.8) is 0 Å². The van der Waals surface area contributed by atoms with E-state index in [2.05, 4.69) is 10.3 Å². The number of nitro groups is 1. The zero-order valence-electron chi connectivity index (χ0n) is 17.7. The van der Waals surface area contributed by atoms with Crippen molar-refractivity contribution < 1.29 is 9.72 Å². The van der Waals surface area contributed by atoms with Gasteiger partial charge in [-0.25, -0.2) is 4.98 Å². The third kappa shape index (κ3) is 3.90. The summed E-state index contributed by atoms with van der Waals surface area (Å²) in [6, 6.07) is 11.1. The van der Waals surface area contributed by atoms with E-state index < -0.39 is 11.0 Å². The first kappa shape index (κ1) is 21.4. The summed E-state index contributed by atoms with van der Waals surface area (Å²) in [6.07, 6.45) is 1.37. The van der Waals surface area contributed by atoms with E-state index in [9.17, 15) is 19.7 Å². The van der Waals surface area contributed by atoms with E-state index in [0.29, 0.717) is 27.0 Å². The predicted molar refractivity (Wildman–Crippen MR) is 125 cm³/mol. The largest absolute Gasteiger partial charge is 0.324 e. The van der Waals surface area contributed by atoms with Gasteiger partial charge in [-0.1, -0.05) is 24.3 Å². The monoisotopic (exact) mass is 448 g/mol. The Morgan fingerprint density at radius 3 is 2.75 bits per heavy atom. The number of hydrogen-bond acceptors (Lipinski definition) is 6. The number of thiophene rings is 1. The third-order valence-corrected chi connectivity index (χ3v) is 6.22. The minimum atomic E-state index is -0.808. The van der Waals surface area contributed by atoms with Crippen molar-refractivity contribution in [3.05, 3.63) is 85.8 Å². The quantitative estimate of drug-likeness (QED) is 0.347. The van der Waals surface area contributed by atoms with Crippen LogP contribution in [0.25, 0.3) is 21.3 Å². The minimum Gasteiger partial charge on any atom is -0.324 e. The molecular weight excluding hydrogens is 428 g/mol. The van der Waals surface area contributed by atoms with Crippen LogP contribution < -0.4 is 10.9 Å². The molecule has 1 N–H and O–H groups in total. The van der Waals surface area contributed by atoms with Crippen LogP contribution in [0.5, 0.6) is 0 Å². The molecule has 8 nitrogen and oxygen atoms in total. The van der Waals surface area contributed by atoms with Gasteiger partial charge in [-0.15, -0.1) is 11.3 Å². The number of carbonyl (C=O) groups is 1. The van der Waals surface area contributed by atoms with Gasteiger partial charge in [-0.05, 0) is 43.5 Å². The Morgan fingerprint density at radius 1 is 1.22 bits per heavy atom. The van der Waals surface area contributed by atoms with Crippen LogP contribution in [0.1, 0.15) is 24.1 Å². The summed E-state index contributed by atoms with van der Waals surface area (Å²) in [7, 11) is 0. The first-order valence-corrected chi connectivity index (χ1v) is 10.8. The maximum Gasteiger partial charge on any atom is 0.270 e. The van der Waals surface area contributed by atoms with Crippen molar-refractivity contribution in [1.29, 1.82) is 0 Å². The Balaban J connectivity index is 1.73. The molecule has 0 fully saturated rings. The number of nitrogens with one attached hydrogen (secondary N) is 1. The number of hydrogen-bond donors (Lipinski definition) is 1. The fourth-order valence-corrected chi connectivity index (χ4v) is 4.36. The number of carbonyl (C=O) groups excluding carboxylic acids is 1. The molecule has 0 saturated carbocycles. The van der Waals surface area contributed by atoms with Crippen molar-refractivity contribution in [3.8, 4) is 11.1 Å². The number of aromatic nitrogens is 2. The Labute approximate surface area is 187 Å². The molecule has 1 amide bonds. The Hall–Kier alpha value is -3.85. The molecule has 0 saturated heterocycles. The highest BCUT2D eigenvalue weighted by Gasteiger charge is 2.21. The van der Waals surface area contributed by atoms with Crippen LogP contribution in [-0.2, 0) is 4.79 Å². The van der Waals surface area contributed by atoms with Gasteiger partial charge in [0.15, 0.2) is 0 Å². The molecule has 0 radical (unpaired) electrons. The molecule has 162 valence electrons. The molecule has 0 spiro atoms. The lowest BCUT2D eigenvalue weighted by molar-refractivity contribution is -0.384. The molecule has 2 aromatic carbocycles. The van der Waals surface area contributed by atoms with Crippen molar-refractivity contribution in [2.75, 3.05) is 5.32 Å². The summed E-state index contributed by atoms with van der Waals surface area (Å²) in [5.41, 5.74) is 3.30. The fraction of sp³-hybridized carbons (Fsp3) is 0.174. The van der Waals surface area contributed by atoms with E-state index in [1.165, 1.54) is 34.4 Å². The van der Waals surface area contributed by atoms with Gasteiger partial charge in [0, 0.05) is 28.8 Å². The number of anilines is 1. The molecule has 9 heteroatoms. The van der Waals surface area contributed by atoms with Crippen molar-refractivity contribution in [2.24, 2.45) is 0 Å². The molecule has 0 aliphatic rings. The van der Waals surface area contributed by atoms with Gasteiger partial charge in [0.25, 0.3) is 11.2 Å². The van der Waals surface area contributed by atoms with E-state index in [0.717, 1.165) is 11.1 Å². The van der Waals surface area contributed by atoms with Crippen LogP contribution in [0, 0.1) is 24.0 Å². The Morgan fingerprint density at radius 2 is 2.00 bits per heavy atom. The molecule has 4 rings (SSSR count). The average Bonchev–Trinajstić information content (AvgIpc) is 3.21. The standard InChI is InChI=1S/C23H20N4O4S/c1-13-7-8-14(2)19(9-13)25-21(28)15(3)26-12-24-22-20(23(26)29)18(11-32-22)16-5-4-6-17(10-16)27(30)31/h4-12,15H,1-3H3,(H,25,28). The SMILES string of the molecule is Cc1ccc(C)c(NC(=O)C(C)n2cnc3scc(-c4cccc([N+](=O)[O-])c4)c3c2=O)c1. The van der Waals surface area contributed by atoms with Crippen LogP contribution >= 0.6 is 11.3 Å². The predicted octanol–water partition coefficient (Wildman–Crippen LogP) is 4.85. The van der Waals surface area contributed by atoms with Crippen molar-refractivity contribution >= 4 is 38.8 Å². The van der Waals surface area contributed by atoms with Gasteiger partial charge >= 0.3 is 0 Å². The van der Waals surface area contributed by atoms with Crippen LogP contribution in [0.2, 0.25) is 0 Å². The van der Waals surface area contributed by atoms with E-state index in [-0.39, 0.29) is 17.2 Å². The molecule has 0 bridgehead atoms. The molecule has 2 heterocycles. The van der Waals surface area contributed by atoms with E-state index >= 15 is 0 Å². The van der Waals surface area contributed by atoms with E-state index in [1.807, 2.05) is 32.0 Å². The molecule has 2 aromatic heterocycles. The van der Waals surface area contributed by atoms with Gasteiger partial charge < -0.3 is 5.32 Å². The summed E-state index contributed by atoms with van der Waals surface area (Å²) in [6.45, 7) is 5.47. The van der Waals surface area contributed by atoms with Crippen LogP contribution in [0.3, 0.4) is 0 Å². The van der Waals surface area contributed by atoms with Crippen LogP contribution in [0.15, 0.2) is 59.0 Å². The minimum absolute atomic E-state index is 0.0627. The maximum atomic E-state index is 13.3. The molecular formula is C23H20N4O4S. The Kier molecular flexibility index (Phi) is 5.58. The molecule has 1 atom stereocenters. The van der Waals surface area contributed by atoms with Gasteiger partial charge in [-0.3, -0.25) is 24.3 Å². The average molecular weight is 449 g/mol. The lowest BCUT2D eigenvalue weighted by atomic mass is 10.1. The maximum absolute atomic E-state index is 13.3.